The topological polar surface area (TPSA) is 38.3 Å². The van der Waals surface area contributed by atoms with Crippen molar-refractivity contribution < 1.29 is 18.3 Å². The smallest absolute Gasteiger partial charge is 0.274 e. The minimum atomic E-state index is -2.10. The molecule has 1 amide bonds. The Kier molecular flexibility index (Phi) is 5.11. The molecule has 0 fully saturated rings. The maximum atomic E-state index is 13.0. The number of hydrogen-bond donors (Lipinski definition) is 1. The van der Waals surface area contributed by atoms with E-state index < -0.39 is 11.5 Å². The van der Waals surface area contributed by atoms with E-state index in [9.17, 15) is 13.6 Å². The van der Waals surface area contributed by atoms with Gasteiger partial charge in [-0.25, -0.2) is 8.78 Å². The van der Waals surface area contributed by atoms with E-state index in [4.69, 9.17) is 16.3 Å². The minimum absolute atomic E-state index is 0.188. The maximum Gasteiger partial charge on any atom is 0.274 e. The third-order valence-electron chi connectivity index (χ3n) is 2.59. The molecule has 1 unspecified atom stereocenters. The summed E-state index contributed by atoms with van der Waals surface area (Å²) in [6.07, 6.45) is 0. The minimum Gasteiger partial charge on any atom is -0.489 e. The second kappa shape index (κ2) is 7.04. The molecule has 0 saturated carbocycles. The summed E-state index contributed by atoms with van der Waals surface area (Å²) in [5, 5.41) is 2.33. The largest absolute Gasteiger partial charge is 0.489 e. The van der Waals surface area contributed by atoms with Crippen molar-refractivity contribution in [3.8, 4) is 5.75 Å². The van der Waals surface area contributed by atoms with Crippen molar-refractivity contribution in [3.05, 3.63) is 59.9 Å². The number of benzene rings is 2. The van der Waals surface area contributed by atoms with Gasteiger partial charge in [0.2, 0.25) is 0 Å². The van der Waals surface area contributed by atoms with Gasteiger partial charge in [-0.1, -0.05) is 29.8 Å². The second-order valence-electron chi connectivity index (χ2n) is 4.24. The van der Waals surface area contributed by atoms with Crippen molar-refractivity contribution in [2.24, 2.45) is 0 Å². The fourth-order valence-corrected chi connectivity index (χ4v) is 1.71. The lowest BCUT2D eigenvalue weighted by atomic mass is 10.2. The Balaban J connectivity index is 1.99. The van der Waals surface area contributed by atoms with Gasteiger partial charge in [-0.3, -0.25) is 4.79 Å². The SMILES string of the molecule is O=C(Nc1cccc(COc2cccc(F)c2)c1)C(F)Cl. The van der Waals surface area contributed by atoms with Gasteiger partial charge in [-0.2, -0.15) is 0 Å². The zero-order valence-electron chi connectivity index (χ0n) is 10.9. The van der Waals surface area contributed by atoms with Crippen LogP contribution >= 0.6 is 11.6 Å². The van der Waals surface area contributed by atoms with Crippen LogP contribution in [0.2, 0.25) is 0 Å². The van der Waals surface area contributed by atoms with Crippen LogP contribution in [-0.2, 0) is 11.4 Å². The Morgan fingerprint density at radius 1 is 1.24 bits per heavy atom. The molecule has 0 aliphatic carbocycles. The predicted molar refractivity (Wildman–Crippen MR) is 76.6 cm³/mol. The molecule has 21 heavy (non-hydrogen) atoms. The fourth-order valence-electron chi connectivity index (χ4n) is 1.66. The van der Waals surface area contributed by atoms with Crippen LogP contribution in [0.25, 0.3) is 0 Å². The number of nitrogens with one attached hydrogen (secondary N) is 1. The fraction of sp³-hybridized carbons (Fsp3) is 0.133. The maximum absolute atomic E-state index is 13.0. The highest BCUT2D eigenvalue weighted by atomic mass is 35.5. The van der Waals surface area contributed by atoms with Crippen molar-refractivity contribution in [2.45, 2.75) is 12.2 Å². The standard InChI is InChI=1S/C15H12ClF2NO2/c16-14(18)15(20)19-12-5-1-3-10(7-12)9-21-13-6-2-4-11(17)8-13/h1-8,14H,9H2,(H,19,20). The summed E-state index contributed by atoms with van der Waals surface area (Å²) in [7, 11) is 0. The second-order valence-corrected chi connectivity index (χ2v) is 4.62. The summed E-state index contributed by atoms with van der Waals surface area (Å²) in [4.78, 5) is 11.1. The first-order chi connectivity index (χ1) is 10.0. The normalized spacial score (nSPS) is 11.8. The zero-order chi connectivity index (χ0) is 15.2. The molecule has 3 nitrogen and oxygen atoms in total. The summed E-state index contributed by atoms with van der Waals surface area (Å²) >= 11 is 5.04. The van der Waals surface area contributed by atoms with E-state index in [1.165, 1.54) is 12.1 Å². The van der Waals surface area contributed by atoms with Crippen LogP contribution in [0.5, 0.6) is 5.75 Å². The highest BCUT2D eigenvalue weighted by molar-refractivity contribution is 6.31. The molecule has 2 aromatic carbocycles. The third-order valence-corrected chi connectivity index (χ3v) is 2.79. The monoisotopic (exact) mass is 311 g/mol. The number of anilines is 1. The molecular formula is C15H12ClF2NO2. The molecular weight excluding hydrogens is 300 g/mol. The molecule has 0 aliphatic heterocycles. The van der Waals surface area contributed by atoms with Crippen molar-refractivity contribution in [1.29, 1.82) is 0 Å². The molecule has 2 aromatic rings. The van der Waals surface area contributed by atoms with Gasteiger partial charge in [-0.15, -0.1) is 0 Å². The van der Waals surface area contributed by atoms with Crippen LogP contribution in [0.15, 0.2) is 48.5 Å². The molecule has 1 atom stereocenters. The van der Waals surface area contributed by atoms with E-state index in [0.717, 1.165) is 5.56 Å². The van der Waals surface area contributed by atoms with Gasteiger partial charge >= 0.3 is 0 Å². The third kappa shape index (κ3) is 4.72. The van der Waals surface area contributed by atoms with Crippen LogP contribution in [-0.4, -0.2) is 11.5 Å². The first-order valence-corrected chi connectivity index (χ1v) is 6.54. The summed E-state index contributed by atoms with van der Waals surface area (Å²) in [5.41, 5.74) is -0.956. The molecule has 6 heteroatoms. The van der Waals surface area contributed by atoms with Crippen LogP contribution < -0.4 is 10.1 Å². The molecule has 0 spiro atoms. The lowest BCUT2D eigenvalue weighted by Gasteiger charge is -2.09. The Labute approximate surface area is 125 Å². The zero-order valence-corrected chi connectivity index (χ0v) is 11.6. The van der Waals surface area contributed by atoms with Crippen LogP contribution in [0.1, 0.15) is 5.56 Å². The number of halogens is 3. The number of rotatable bonds is 5. The van der Waals surface area contributed by atoms with Crippen molar-refractivity contribution in [2.75, 3.05) is 5.32 Å². The molecule has 2 rings (SSSR count). The van der Waals surface area contributed by atoms with Crippen molar-refractivity contribution >= 4 is 23.2 Å². The first kappa shape index (κ1) is 15.3. The van der Waals surface area contributed by atoms with Crippen molar-refractivity contribution in [1.82, 2.24) is 0 Å². The number of amides is 1. The Hall–Kier alpha value is -2.14. The van der Waals surface area contributed by atoms with E-state index in [-0.39, 0.29) is 12.4 Å². The van der Waals surface area contributed by atoms with Gasteiger partial charge in [0, 0.05) is 11.8 Å². The Bertz CT molecular complexity index is 635. The van der Waals surface area contributed by atoms with E-state index in [2.05, 4.69) is 5.32 Å². The summed E-state index contributed by atoms with van der Waals surface area (Å²) in [6, 6.07) is 12.4. The van der Waals surface area contributed by atoms with Crippen LogP contribution in [0, 0.1) is 5.82 Å². The molecule has 1 N–H and O–H groups in total. The van der Waals surface area contributed by atoms with Crippen LogP contribution in [0.3, 0.4) is 0 Å². The van der Waals surface area contributed by atoms with E-state index in [1.807, 2.05) is 0 Å². The van der Waals surface area contributed by atoms with E-state index in [1.54, 1.807) is 36.4 Å². The first-order valence-electron chi connectivity index (χ1n) is 6.11. The highest BCUT2D eigenvalue weighted by Crippen LogP contribution is 2.16. The lowest BCUT2D eigenvalue weighted by Crippen LogP contribution is -2.19. The van der Waals surface area contributed by atoms with Gasteiger partial charge < -0.3 is 10.1 Å². The number of ether oxygens (including phenoxy) is 1. The lowest BCUT2D eigenvalue weighted by molar-refractivity contribution is -0.118. The molecule has 0 aromatic heterocycles. The van der Waals surface area contributed by atoms with Crippen molar-refractivity contribution in [3.63, 3.8) is 0 Å². The number of carbonyl (C=O) groups is 1. The molecule has 110 valence electrons. The number of carbonyl (C=O) groups excluding carboxylic acids is 1. The Morgan fingerprint density at radius 2 is 2.00 bits per heavy atom. The quantitative estimate of drug-likeness (QED) is 0.851. The molecule has 0 radical (unpaired) electrons. The van der Waals surface area contributed by atoms with Crippen LogP contribution in [0.4, 0.5) is 14.5 Å². The molecule has 0 heterocycles. The Morgan fingerprint density at radius 3 is 2.71 bits per heavy atom. The predicted octanol–water partition coefficient (Wildman–Crippen LogP) is 3.88. The summed E-state index contributed by atoms with van der Waals surface area (Å²) in [5.74, 6) is -0.918. The molecule has 0 bridgehead atoms. The summed E-state index contributed by atoms with van der Waals surface area (Å²) in [6.45, 7) is 0.188. The average molecular weight is 312 g/mol. The van der Waals surface area contributed by atoms with Gasteiger partial charge in [0.15, 0.2) is 0 Å². The van der Waals surface area contributed by atoms with Gasteiger partial charge in [-0.05, 0) is 29.8 Å². The van der Waals surface area contributed by atoms with E-state index >= 15 is 0 Å². The van der Waals surface area contributed by atoms with Gasteiger partial charge in [0.1, 0.15) is 18.2 Å². The van der Waals surface area contributed by atoms with Gasteiger partial charge in [0.25, 0.3) is 11.5 Å². The molecule has 0 aliphatic rings. The number of alkyl halides is 2. The van der Waals surface area contributed by atoms with E-state index in [0.29, 0.717) is 11.4 Å². The number of hydrogen-bond acceptors (Lipinski definition) is 2. The molecule has 0 saturated heterocycles. The van der Waals surface area contributed by atoms with Gasteiger partial charge in [0.05, 0.1) is 0 Å². The average Bonchev–Trinajstić information content (AvgIpc) is 2.45. The highest BCUT2D eigenvalue weighted by Gasteiger charge is 2.13. The summed E-state index contributed by atoms with van der Waals surface area (Å²) < 4.78 is 31.0.